The van der Waals surface area contributed by atoms with Crippen LogP contribution in [0.2, 0.25) is 0 Å². The van der Waals surface area contributed by atoms with E-state index >= 15 is 0 Å². The predicted octanol–water partition coefficient (Wildman–Crippen LogP) is 4.47. The molecule has 0 fully saturated rings. The predicted molar refractivity (Wildman–Crippen MR) is 133 cm³/mol. The monoisotopic (exact) mass is 500 g/mol. The fourth-order valence-electron chi connectivity index (χ4n) is 3.75. The zero-order valence-electron chi connectivity index (χ0n) is 19.8. The van der Waals surface area contributed by atoms with E-state index in [4.69, 9.17) is 9.47 Å². The summed E-state index contributed by atoms with van der Waals surface area (Å²) >= 11 is 2.76. The lowest BCUT2D eigenvalue weighted by molar-refractivity contribution is -0.113. The molecule has 0 bridgehead atoms. The molecule has 180 valence electrons. The minimum absolute atomic E-state index is 0.148. The number of nitrogens with one attached hydrogen (secondary N) is 1. The molecule has 10 heteroatoms. The Morgan fingerprint density at radius 3 is 2.79 bits per heavy atom. The molecule has 1 aliphatic rings. The Morgan fingerprint density at radius 1 is 1.21 bits per heavy atom. The summed E-state index contributed by atoms with van der Waals surface area (Å²) in [6, 6.07) is 5.96. The van der Waals surface area contributed by atoms with E-state index in [1.54, 1.807) is 6.92 Å². The number of thioether (sulfide) groups is 1. The molecule has 0 saturated carbocycles. The summed E-state index contributed by atoms with van der Waals surface area (Å²) in [5, 5.41) is 12.5. The Hall–Kier alpha value is -2.85. The van der Waals surface area contributed by atoms with E-state index in [0.717, 1.165) is 35.5 Å². The number of anilines is 1. The number of fused-ring (bicyclic) bond motifs is 1. The van der Waals surface area contributed by atoms with Crippen LogP contribution < -0.4 is 10.1 Å². The van der Waals surface area contributed by atoms with Gasteiger partial charge in [0.15, 0.2) is 11.0 Å². The number of carbonyl (C=O) groups excluding carboxylic acids is 2. The van der Waals surface area contributed by atoms with Crippen LogP contribution >= 0.6 is 23.1 Å². The van der Waals surface area contributed by atoms with Gasteiger partial charge in [-0.3, -0.25) is 4.79 Å². The van der Waals surface area contributed by atoms with Crippen molar-refractivity contribution in [1.29, 1.82) is 0 Å². The van der Waals surface area contributed by atoms with E-state index < -0.39 is 0 Å². The Balaban J connectivity index is 1.35. The van der Waals surface area contributed by atoms with Crippen molar-refractivity contribution in [2.45, 2.75) is 51.8 Å². The number of aryl methyl sites for hydroxylation is 3. The van der Waals surface area contributed by atoms with Gasteiger partial charge in [0.1, 0.15) is 17.4 Å². The number of carbonyl (C=O) groups is 2. The van der Waals surface area contributed by atoms with Crippen LogP contribution in [0.15, 0.2) is 23.4 Å². The molecule has 1 amide bonds. The molecule has 0 saturated heterocycles. The second-order valence-electron chi connectivity index (χ2n) is 8.11. The maximum atomic E-state index is 12.7. The highest BCUT2D eigenvalue weighted by Gasteiger charge is 2.28. The fraction of sp³-hybridized carbons (Fsp3) is 0.417. The molecule has 1 N–H and O–H groups in total. The van der Waals surface area contributed by atoms with E-state index in [1.165, 1.54) is 34.2 Å². The van der Waals surface area contributed by atoms with Gasteiger partial charge in [-0.05, 0) is 68.9 Å². The van der Waals surface area contributed by atoms with Gasteiger partial charge in [-0.2, -0.15) is 0 Å². The van der Waals surface area contributed by atoms with Gasteiger partial charge >= 0.3 is 5.97 Å². The molecular weight excluding hydrogens is 472 g/mol. The summed E-state index contributed by atoms with van der Waals surface area (Å²) < 4.78 is 12.9. The molecule has 1 aromatic carbocycles. The van der Waals surface area contributed by atoms with Crippen molar-refractivity contribution >= 4 is 40.0 Å². The zero-order chi connectivity index (χ0) is 24.2. The maximum Gasteiger partial charge on any atom is 0.341 e. The molecule has 2 heterocycles. The zero-order valence-corrected chi connectivity index (χ0v) is 21.4. The van der Waals surface area contributed by atoms with Crippen LogP contribution in [0, 0.1) is 13.8 Å². The molecule has 3 aromatic rings. The molecule has 2 aromatic heterocycles. The van der Waals surface area contributed by atoms with Gasteiger partial charge in [-0.1, -0.05) is 17.8 Å². The van der Waals surface area contributed by atoms with Gasteiger partial charge in [0.2, 0.25) is 5.91 Å². The number of nitrogens with zero attached hydrogens (tertiary/aromatic N) is 3. The number of rotatable bonds is 9. The number of aromatic nitrogens is 3. The van der Waals surface area contributed by atoms with E-state index in [1.807, 2.05) is 36.7 Å². The van der Waals surface area contributed by atoms with E-state index in [-0.39, 0.29) is 24.2 Å². The quantitative estimate of drug-likeness (QED) is 0.342. The number of hydrogen-bond donors (Lipinski definition) is 1. The summed E-state index contributed by atoms with van der Waals surface area (Å²) in [6.45, 7) is 6.46. The van der Waals surface area contributed by atoms with Gasteiger partial charge < -0.3 is 19.4 Å². The van der Waals surface area contributed by atoms with Crippen molar-refractivity contribution in [3.63, 3.8) is 0 Å². The number of ether oxygens (including phenoxy) is 2. The Morgan fingerprint density at radius 2 is 2.03 bits per heavy atom. The first kappa shape index (κ1) is 24.3. The standard InChI is InChI=1S/C24H28N4O4S2/c1-5-31-23(30)21-17-7-6-8-18(17)34-22(21)25-20(29)13-33-24-27-26-19(28(24)4)12-32-16-10-9-14(2)15(3)11-16/h9-11H,5-8,12-13H2,1-4H3,(H,25,29). The van der Waals surface area contributed by atoms with Crippen LogP contribution in [-0.2, 0) is 36.0 Å². The molecule has 0 spiro atoms. The van der Waals surface area contributed by atoms with Crippen LogP contribution in [0.4, 0.5) is 5.00 Å². The van der Waals surface area contributed by atoms with E-state index in [9.17, 15) is 9.59 Å². The lowest BCUT2D eigenvalue weighted by Crippen LogP contribution is -2.17. The number of amides is 1. The third kappa shape index (κ3) is 5.28. The van der Waals surface area contributed by atoms with Crippen molar-refractivity contribution in [2.24, 2.45) is 7.05 Å². The minimum atomic E-state index is -0.369. The molecule has 0 radical (unpaired) electrons. The average Bonchev–Trinajstić information content (AvgIpc) is 3.48. The third-order valence-electron chi connectivity index (χ3n) is 5.76. The lowest BCUT2D eigenvalue weighted by Gasteiger charge is -2.09. The number of esters is 1. The summed E-state index contributed by atoms with van der Waals surface area (Å²) in [5.74, 6) is 1.02. The van der Waals surface area contributed by atoms with Crippen molar-refractivity contribution in [1.82, 2.24) is 14.8 Å². The molecule has 0 atom stereocenters. The first-order chi connectivity index (χ1) is 16.4. The second kappa shape index (κ2) is 10.6. The highest BCUT2D eigenvalue weighted by Crippen LogP contribution is 2.39. The topological polar surface area (TPSA) is 95.3 Å². The van der Waals surface area contributed by atoms with Crippen molar-refractivity contribution in [3.05, 3.63) is 51.2 Å². The van der Waals surface area contributed by atoms with Crippen molar-refractivity contribution in [2.75, 3.05) is 17.7 Å². The summed E-state index contributed by atoms with van der Waals surface area (Å²) in [7, 11) is 1.85. The summed E-state index contributed by atoms with van der Waals surface area (Å²) in [6.07, 6.45) is 2.80. The van der Waals surface area contributed by atoms with Crippen LogP contribution in [0.25, 0.3) is 0 Å². The van der Waals surface area contributed by atoms with Gasteiger partial charge in [0.05, 0.1) is 17.9 Å². The molecule has 8 nitrogen and oxygen atoms in total. The second-order valence-corrected chi connectivity index (χ2v) is 10.2. The van der Waals surface area contributed by atoms with Gasteiger partial charge in [-0.25, -0.2) is 4.79 Å². The average molecular weight is 501 g/mol. The van der Waals surface area contributed by atoms with Gasteiger partial charge in [-0.15, -0.1) is 21.5 Å². The van der Waals surface area contributed by atoms with Crippen molar-refractivity contribution < 1.29 is 19.1 Å². The maximum absolute atomic E-state index is 12.7. The Labute approximate surface area is 207 Å². The van der Waals surface area contributed by atoms with E-state index in [2.05, 4.69) is 22.4 Å². The first-order valence-electron chi connectivity index (χ1n) is 11.2. The Kier molecular flexibility index (Phi) is 7.57. The molecule has 1 aliphatic carbocycles. The highest BCUT2D eigenvalue weighted by molar-refractivity contribution is 7.99. The molecular formula is C24H28N4O4S2. The van der Waals surface area contributed by atoms with E-state index in [0.29, 0.717) is 28.2 Å². The first-order valence-corrected chi connectivity index (χ1v) is 13.0. The van der Waals surface area contributed by atoms with Crippen molar-refractivity contribution in [3.8, 4) is 5.75 Å². The lowest BCUT2D eigenvalue weighted by atomic mass is 10.1. The fourth-order valence-corrected chi connectivity index (χ4v) is 5.78. The van der Waals surface area contributed by atoms with Crippen LogP contribution in [0.1, 0.15) is 51.1 Å². The van der Waals surface area contributed by atoms with Crippen LogP contribution in [-0.4, -0.2) is 39.0 Å². The number of benzene rings is 1. The van der Waals surface area contributed by atoms with Gasteiger partial charge in [0, 0.05) is 11.9 Å². The molecule has 4 rings (SSSR count). The minimum Gasteiger partial charge on any atom is -0.486 e. The molecule has 34 heavy (non-hydrogen) atoms. The largest absolute Gasteiger partial charge is 0.486 e. The summed E-state index contributed by atoms with van der Waals surface area (Å²) in [4.78, 5) is 26.3. The number of hydrogen-bond acceptors (Lipinski definition) is 8. The number of thiophene rings is 1. The SMILES string of the molecule is CCOC(=O)c1c(NC(=O)CSc2nnc(COc3ccc(C)c(C)c3)n2C)sc2c1CCC2. The normalized spacial score (nSPS) is 12.5. The smallest absolute Gasteiger partial charge is 0.341 e. The summed E-state index contributed by atoms with van der Waals surface area (Å²) in [5.41, 5.74) is 3.92. The highest BCUT2D eigenvalue weighted by atomic mass is 32.2. The van der Waals surface area contributed by atoms with Gasteiger partial charge in [0.25, 0.3) is 0 Å². The molecule has 0 unspecified atom stereocenters. The Bertz CT molecular complexity index is 1220. The third-order valence-corrected chi connectivity index (χ3v) is 7.99. The van der Waals surface area contributed by atoms with Crippen LogP contribution in [0.3, 0.4) is 0 Å². The van der Waals surface area contributed by atoms with Crippen LogP contribution in [0.5, 0.6) is 5.75 Å². The molecule has 0 aliphatic heterocycles.